The first kappa shape index (κ1) is 7.48. The zero-order chi connectivity index (χ0) is 5.70. The molecule has 0 amide bonds. The smallest absolute Gasteiger partial charge is 0.169 e. The summed E-state index contributed by atoms with van der Waals surface area (Å²) in [5, 5.41) is 0. The van der Waals surface area contributed by atoms with E-state index in [9.17, 15) is 0 Å². The Morgan fingerprint density at radius 1 is 1.57 bits per heavy atom. The number of rotatable bonds is 3. The van der Waals surface area contributed by atoms with Gasteiger partial charge in [0.2, 0.25) is 0 Å². The van der Waals surface area contributed by atoms with E-state index in [0.717, 1.165) is 12.8 Å². The summed E-state index contributed by atoms with van der Waals surface area (Å²) in [6.07, 6.45) is 0.999. The van der Waals surface area contributed by atoms with Crippen LogP contribution in [0.3, 0.4) is 0 Å². The Bertz CT molecular complexity index is 64.7. The van der Waals surface area contributed by atoms with Gasteiger partial charge < -0.3 is 0 Å². The van der Waals surface area contributed by atoms with Crippen molar-refractivity contribution in [3.63, 3.8) is 0 Å². The Hall–Kier alpha value is 0.480. The van der Waals surface area contributed by atoms with Gasteiger partial charge in [-0.05, 0) is 13.8 Å². The molecular weight excluding hydrogens is 127 g/mol. The van der Waals surface area contributed by atoms with Crippen molar-refractivity contribution in [3.05, 3.63) is 0 Å². The van der Waals surface area contributed by atoms with Gasteiger partial charge in [0, 0.05) is 0 Å². The predicted octanol–water partition coefficient (Wildman–Crippen LogP) is 1.90. The minimum Gasteiger partial charge on any atom is -0.169 e. The van der Waals surface area contributed by atoms with Crippen molar-refractivity contribution < 1.29 is 4.52 Å². The van der Waals surface area contributed by atoms with Gasteiger partial charge in [-0.15, -0.1) is 0 Å². The van der Waals surface area contributed by atoms with Crippen molar-refractivity contribution in [2.24, 2.45) is 0 Å². The quantitative estimate of drug-likeness (QED) is 0.549. The molecule has 0 aliphatic rings. The molecule has 0 spiro atoms. The van der Waals surface area contributed by atoms with Gasteiger partial charge in [0.25, 0.3) is 0 Å². The summed E-state index contributed by atoms with van der Waals surface area (Å²) in [6, 6.07) is 0. The Morgan fingerprint density at radius 2 is 2.14 bits per heavy atom. The van der Waals surface area contributed by atoms with Gasteiger partial charge in [0.05, 0.1) is 6.61 Å². The molecule has 42 valence electrons. The lowest BCUT2D eigenvalue weighted by Gasteiger charge is -1.79. The van der Waals surface area contributed by atoms with E-state index in [-0.39, 0.29) is 0 Å². The third kappa shape index (κ3) is 4.33. The van der Waals surface area contributed by atoms with E-state index in [1.165, 1.54) is 0 Å². The molecule has 0 saturated carbocycles. The summed E-state index contributed by atoms with van der Waals surface area (Å²) in [4.78, 5) is 0. The molecule has 3 heteroatoms. The Balaban J connectivity index is 3.00. The van der Waals surface area contributed by atoms with E-state index in [2.05, 4.69) is 0 Å². The molecule has 0 aromatic carbocycles. The molecule has 7 heavy (non-hydrogen) atoms. The van der Waals surface area contributed by atoms with Crippen LogP contribution in [0.5, 0.6) is 0 Å². The van der Waals surface area contributed by atoms with Crippen molar-refractivity contribution in [1.82, 2.24) is 0 Å². The molecule has 0 fully saturated rings. The van der Waals surface area contributed by atoms with Crippen LogP contribution in [-0.2, 0) is 16.3 Å². The van der Waals surface area contributed by atoms with E-state index in [1.54, 1.807) is 0 Å². The minimum atomic E-state index is -0.495. The highest BCUT2D eigenvalue weighted by molar-refractivity contribution is 8.02. The van der Waals surface area contributed by atoms with E-state index in [4.69, 9.17) is 16.3 Å². The van der Waals surface area contributed by atoms with Crippen molar-refractivity contribution >= 4 is 18.7 Å². The molecule has 0 aromatic heterocycles. The fraction of sp³-hybridized carbons (Fsp3) is 1.00. The van der Waals surface area contributed by atoms with Crippen LogP contribution in [0.2, 0.25) is 0 Å². The predicted molar refractivity (Wildman–Crippen MR) is 36.5 cm³/mol. The number of hydrogen-bond donors (Lipinski definition) is 0. The third-order valence-electron chi connectivity index (χ3n) is 0.531. The Kier molecular flexibility index (Phi) is 4.95. The summed E-state index contributed by atoms with van der Waals surface area (Å²) in [6.45, 7) is 4.29. The zero-order valence-corrected chi connectivity index (χ0v) is 6.39. The second kappa shape index (κ2) is 4.63. The highest BCUT2D eigenvalue weighted by Gasteiger charge is 2.02. The first-order valence-corrected chi connectivity index (χ1v) is 4.84. The van der Waals surface area contributed by atoms with Crippen LogP contribution in [0.1, 0.15) is 13.8 Å². The SMILES string of the molecule is CCO[P+](=S)CC. The molecule has 1 nitrogen and oxygen atoms in total. The van der Waals surface area contributed by atoms with Crippen LogP contribution in [-0.4, -0.2) is 12.8 Å². The average Bonchev–Trinajstić information content (AvgIpc) is 1.68. The van der Waals surface area contributed by atoms with Gasteiger partial charge in [-0.25, -0.2) is 0 Å². The highest BCUT2D eigenvalue weighted by Crippen LogP contribution is 2.19. The Morgan fingerprint density at radius 3 is 2.29 bits per heavy atom. The second-order valence-electron chi connectivity index (χ2n) is 1.07. The standard InChI is InChI=1S/C4H10OPS/c1-3-5-6(7)4-2/h3-4H2,1-2H3/q+1. The summed E-state index contributed by atoms with van der Waals surface area (Å²) in [5.74, 6) is 0. The molecule has 0 saturated heterocycles. The molecule has 0 rings (SSSR count). The molecule has 0 radical (unpaired) electrons. The van der Waals surface area contributed by atoms with Gasteiger partial charge in [-0.1, -0.05) is 0 Å². The molecule has 0 aliphatic carbocycles. The van der Waals surface area contributed by atoms with E-state index in [0.29, 0.717) is 0 Å². The summed E-state index contributed by atoms with van der Waals surface area (Å²) in [5.41, 5.74) is 0. The number of hydrogen-bond acceptors (Lipinski definition) is 2. The second-order valence-corrected chi connectivity index (χ2v) is 3.84. The lowest BCUT2D eigenvalue weighted by Crippen LogP contribution is -1.76. The van der Waals surface area contributed by atoms with Gasteiger partial charge in [0.1, 0.15) is 6.16 Å². The maximum atomic E-state index is 5.07. The van der Waals surface area contributed by atoms with Crippen molar-refractivity contribution in [1.29, 1.82) is 0 Å². The fourth-order valence-corrected chi connectivity index (χ4v) is 1.02. The minimum absolute atomic E-state index is 0.495. The van der Waals surface area contributed by atoms with Gasteiger partial charge in [0.15, 0.2) is 11.8 Å². The average molecular weight is 137 g/mol. The largest absolute Gasteiger partial charge is 0.336 e. The van der Waals surface area contributed by atoms with Crippen LogP contribution >= 0.6 is 6.92 Å². The maximum Gasteiger partial charge on any atom is 0.336 e. The molecule has 0 bridgehead atoms. The van der Waals surface area contributed by atoms with E-state index < -0.39 is 6.92 Å². The summed E-state index contributed by atoms with van der Waals surface area (Å²) in [7, 11) is 0. The molecule has 0 aromatic rings. The van der Waals surface area contributed by atoms with Crippen molar-refractivity contribution in [2.75, 3.05) is 12.8 Å². The van der Waals surface area contributed by atoms with Crippen LogP contribution in [0.15, 0.2) is 0 Å². The highest BCUT2D eigenvalue weighted by atomic mass is 32.4. The molecule has 1 unspecified atom stereocenters. The summed E-state index contributed by atoms with van der Waals surface area (Å²) >= 11 is 4.88. The fourth-order valence-electron chi connectivity index (χ4n) is 0.235. The third-order valence-corrected chi connectivity index (χ3v) is 2.68. The van der Waals surface area contributed by atoms with Crippen molar-refractivity contribution in [2.45, 2.75) is 13.8 Å². The first-order valence-electron chi connectivity index (χ1n) is 2.38. The van der Waals surface area contributed by atoms with Gasteiger partial charge in [-0.2, -0.15) is 4.52 Å². The van der Waals surface area contributed by atoms with E-state index in [1.807, 2.05) is 13.8 Å². The Labute approximate surface area is 50.6 Å². The monoisotopic (exact) mass is 137 g/mol. The van der Waals surface area contributed by atoms with Crippen LogP contribution in [0.4, 0.5) is 0 Å². The molecule has 0 heterocycles. The van der Waals surface area contributed by atoms with Crippen LogP contribution in [0.25, 0.3) is 0 Å². The van der Waals surface area contributed by atoms with Crippen LogP contribution < -0.4 is 0 Å². The summed E-state index contributed by atoms with van der Waals surface area (Å²) < 4.78 is 5.07. The molecule has 1 atom stereocenters. The molecule has 0 N–H and O–H groups in total. The van der Waals surface area contributed by atoms with Gasteiger partial charge >= 0.3 is 6.92 Å². The zero-order valence-electron chi connectivity index (χ0n) is 4.68. The maximum absolute atomic E-state index is 5.07. The topological polar surface area (TPSA) is 9.23 Å². The normalized spacial score (nSPS) is 11.4. The molecular formula is C4H10OPS+. The van der Waals surface area contributed by atoms with Crippen LogP contribution in [0, 0.1) is 0 Å². The van der Waals surface area contributed by atoms with Crippen molar-refractivity contribution in [3.8, 4) is 0 Å². The molecule has 0 aliphatic heterocycles. The lowest BCUT2D eigenvalue weighted by atomic mass is 10.9. The van der Waals surface area contributed by atoms with E-state index >= 15 is 0 Å². The first-order chi connectivity index (χ1) is 3.31. The van der Waals surface area contributed by atoms with Gasteiger partial charge in [-0.3, -0.25) is 0 Å². The lowest BCUT2D eigenvalue weighted by molar-refractivity contribution is 0.388.